The summed E-state index contributed by atoms with van der Waals surface area (Å²) in [6.45, 7) is 10.1. The van der Waals surface area contributed by atoms with Gasteiger partial charge in [0, 0.05) is 19.1 Å². The number of carbonyl (C=O) groups excluding carboxylic acids is 3. The maximum atomic E-state index is 13.3. The second-order valence-corrected chi connectivity index (χ2v) is 12.1. The van der Waals surface area contributed by atoms with E-state index in [0.717, 1.165) is 38.1 Å². The lowest BCUT2D eigenvalue weighted by Crippen LogP contribution is -2.51. The minimum Gasteiger partial charge on any atom is -0.453 e. The van der Waals surface area contributed by atoms with Crippen molar-refractivity contribution in [3.05, 3.63) is 35.4 Å². The van der Waals surface area contributed by atoms with Crippen molar-refractivity contribution in [2.45, 2.75) is 77.5 Å². The van der Waals surface area contributed by atoms with Gasteiger partial charge in [-0.15, -0.1) is 0 Å². The van der Waals surface area contributed by atoms with Crippen molar-refractivity contribution < 1.29 is 23.9 Å². The maximum absolute atomic E-state index is 13.3. The molecule has 4 rings (SSSR count). The Labute approximate surface area is 264 Å². The molecule has 0 aromatic carbocycles. The highest BCUT2D eigenvalue weighted by atomic mass is 16.5. The molecule has 4 N–H and O–H groups in total. The van der Waals surface area contributed by atoms with Gasteiger partial charge in [0.2, 0.25) is 5.91 Å². The van der Waals surface area contributed by atoms with Crippen LogP contribution in [0.25, 0.3) is 0 Å². The third-order valence-corrected chi connectivity index (χ3v) is 8.29. The molecule has 0 spiro atoms. The number of amides is 3. The topological polar surface area (TPSA) is 158 Å². The van der Waals surface area contributed by atoms with E-state index < -0.39 is 18.2 Å². The second-order valence-electron chi connectivity index (χ2n) is 12.1. The first-order valence-electron chi connectivity index (χ1n) is 15.5. The van der Waals surface area contributed by atoms with Gasteiger partial charge >= 0.3 is 12.2 Å². The highest BCUT2D eigenvalue weighted by Crippen LogP contribution is 2.32. The van der Waals surface area contributed by atoms with E-state index in [1.807, 2.05) is 13.8 Å². The third kappa shape index (κ3) is 8.58. The lowest BCUT2D eigenvalue weighted by Gasteiger charge is -2.30. The summed E-state index contributed by atoms with van der Waals surface area (Å²) in [5.41, 5.74) is 1.27. The van der Waals surface area contributed by atoms with Crippen LogP contribution in [0.1, 0.15) is 88.5 Å². The molecule has 4 atom stereocenters. The van der Waals surface area contributed by atoms with Crippen LogP contribution in [0.4, 0.5) is 9.59 Å². The Morgan fingerprint density at radius 2 is 1.42 bits per heavy atom. The molecule has 0 unspecified atom stereocenters. The van der Waals surface area contributed by atoms with E-state index in [0.29, 0.717) is 30.3 Å². The largest absolute Gasteiger partial charge is 0.453 e. The summed E-state index contributed by atoms with van der Waals surface area (Å²) < 4.78 is 9.51. The van der Waals surface area contributed by atoms with E-state index in [-0.39, 0.29) is 35.9 Å². The summed E-state index contributed by atoms with van der Waals surface area (Å²) in [6.07, 6.45) is 5.90. The SMILES string of the molecule is COC(=O)N[C@H](C(=O)N1CCC[C@H]1c1ncc(C#CC#Cc2cnc([C@@H]3CCCN3C[C@@H](NC(=O)OC)C(C)C)[nH]2)[nH]1)C(C)C. The molecule has 2 aliphatic heterocycles. The van der Waals surface area contributed by atoms with Crippen LogP contribution < -0.4 is 10.6 Å². The molecule has 45 heavy (non-hydrogen) atoms. The normalized spacial score (nSPS) is 19.3. The molecule has 0 radical (unpaired) electrons. The number of methoxy groups -OCH3 is 2. The molecule has 2 aliphatic rings. The highest BCUT2D eigenvalue weighted by molar-refractivity contribution is 5.86. The number of carbonyl (C=O) groups is 3. The molecule has 13 nitrogen and oxygen atoms in total. The van der Waals surface area contributed by atoms with Crippen molar-refractivity contribution in [3.8, 4) is 23.7 Å². The Bertz CT molecular complexity index is 1460. The van der Waals surface area contributed by atoms with Gasteiger partial charge in [-0.3, -0.25) is 9.69 Å². The first-order chi connectivity index (χ1) is 21.6. The second kappa shape index (κ2) is 15.5. The zero-order valence-electron chi connectivity index (χ0n) is 26.9. The Morgan fingerprint density at radius 1 is 0.867 bits per heavy atom. The fourth-order valence-electron chi connectivity index (χ4n) is 5.77. The van der Waals surface area contributed by atoms with E-state index in [2.05, 4.69) is 73.0 Å². The minimum atomic E-state index is -0.692. The van der Waals surface area contributed by atoms with Crippen LogP contribution in [0, 0.1) is 35.5 Å². The summed E-state index contributed by atoms with van der Waals surface area (Å²) >= 11 is 0. The molecule has 4 heterocycles. The number of nitrogens with zero attached hydrogens (tertiary/aromatic N) is 4. The number of ether oxygens (including phenoxy) is 2. The molecule has 242 valence electrons. The number of nitrogens with one attached hydrogen (secondary N) is 4. The van der Waals surface area contributed by atoms with E-state index in [1.54, 1.807) is 17.3 Å². The predicted molar refractivity (Wildman–Crippen MR) is 167 cm³/mol. The number of hydrogen-bond acceptors (Lipinski definition) is 8. The van der Waals surface area contributed by atoms with Crippen LogP contribution in [0.2, 0.25) is 0 Å². The lowest BCUT2D eigenvalue weighted by molar-refractivity contribution is -0.135. The third-order valence-electron chi connectivity index (χ3n) is 8.29. The lowest BCUT2D eigenvalue weighted by atomic mass is 10.0. The van der Waals surface area contributed by atoms with E-state index in [1.165, 1.54) is 14.2 Å². The first-order valence-corrected chi connectivity index (χ1v) is 15.5. The van der Waals surface area contributed by atoms with Crippen molar-refractivity contribution >= 4 is 18.1 Å². The molecule has 2 saturated heterocycles. The van der Waals surface area contributed by atoms with Gasteiger partial charge < -0.3 is 35.0 Å². The average molecular weight is 621 g/mol. The number of aromatic nitrogens is 4. The number of H-pyrrole nitrogens is 2. The minimum absolute atomic E-state index is 0.0386. The van der Waals surface area contributed by atoms with Gasteiger partial charge in [0.05, 0.1) is 38.7 Å². The van der Waals surface area contributed by atoms with Crippen LogP contribution in [-0.4, -0.2) is 93.8 Å². The number of imidazole rings is 2. The summed E-state index contributed by atoms with van der Waals surface area (Å²) in [5.74, 6) is 13.2. The van der Waals surface area contributed by atoms with Gasteiger partial charge in [0.25, 0.3) is 0 Å². The van der Waals surface area contributed by atoms with Crippen molar-refractivity contribution in [2.24, 2.45) is 11.8 Å². The molecule has 0 aliphatic carbocycles. The van der Waals surface area contributed by atoms with Gasteiger partial charge in [-0.05, 0) is 67.7 Å². The molecule has 2 aromatic rings. The van der Waals surface area contributed by atoms with Gasteiger partial charge in [-0.2, -0.15) is 0 Å². The van der Waals surface area contributed by atoms with Crippen LogP contribution in [-0.2, 0) is 14.3 Å². The number of likely N-dealkylation sites (tertiary alicyclic amines) is 2. The smallest absolute Gasteiger partial charge is 0.407 e. The van der Waals surface area contributed by atoms with Crippen LogP contribution in [0.15, 0.2) is 12.4 Å². The molecule has 2 fully saturated rings. The zero-order chi connectivity index (χ0) is 32.5. The number of aromatic amines is 2. The summed E-state index contributed by atoms with van der Waals surface area (Å²) in [5, 5.41) is 5.60. The Kier molecular flexibility index (Phi) is 11.5. The maximum Gasteiger partial charge on any atom is 0.407 e. The number of hydrogen-bond donors (Lipinski definition) is 4. The van der Waals surface area contributed by atoms with Crippen LogP contribution in [0.3, 0.4) is 0 Å². The fourth-order valence-corrected chi connectivity index (χ4v) is 5.77. The van der Waals surface area contributed by atoms with Crippen molar-refractivity contribution in [1.82, 2.24) is 40.4 Å². The standard InChI is InChI=1S/C32H44N8O5/c1-20(2)24(37-31(42)44-5)19-39-15-9-13-25(39)28-33-17-22(35-28)11-7-8-12-23-18-34-29(36-23)26-14-10-16-40(26)30(41)27(21(3)4)38-32(43)45-6/h17-18,20-21,24-27H,9-10,13-16,19H2,1-6H3,(H,33,35)(H,34,36)(H,37,42)(H,38,43)/t24-,25+,26+,27+/m1/s1. The van der Waals surface area contributed by atoms with Crippen molar-refractivity contribution in [2.75, 3.05) is 33.9 Å². The molecule has 0 bridgehead atoms. The summed E-state index contributed by atoms with van der Waals surface area (Å²) in [7, 11) is 2.65. The molecule has 3 amide bonds. The van der Waals surface area contributed by atoms with E-state index in [4.69, 9.17) is 9.47 Å². The molecular formula is C32H44N8O5. The van der Waals surface area contributed by atoms with Gasteiger partial charge in [0.15, 0.2) is 0 Å². The van der Waals surface area contributed by atoms with Crippen LogP contribution >= 0.6 is 0 Å². The van der Waals surface area contributed by atoms with Gasteiger partial charge in [-0.1, -0.05) is 27.7 Å². The first kappa shape index (κ1) is 33.4. The summed E-state index contributed by atoms with van der Waals surface area (Å²) in [6, 6.07) is -0.846. The number of alkyl carbamates (subject to hydrolysis) is 2. The predicted octanol–water partition coefficient (Wildman–Crippen LogP) is 3.10. The van der Waals surface area contributed by atoms with Gasteiger partial charge in [-0.25, -0.2) is 19.6 Å². The Hall–Kier alpha value is -4.49. The molecular weight excluding hydrogens is 576 g/mol. The Morgan fingerprint density at radius 3 is 2.00 bits per heavy atom. The van der Waals surface area contributed by atoms with Crippen molar-refractivity contribution in [1.29, 1.82) is 0 Å². The van der Waals surface area contributed by atoms with Crippen molar-refractivity contribution in [3.63, 3.8) is 0 Å². The highest BCUT2D eigenvalue weighted by Gasteiger charge is 2.37. The quantitative estimate of drug-likeness (QED) is 0.312. The summed E-state index contributed by atoms with van der Waals surface area (Å²) in [4.78, 5) is 56.7. The van der Waals surface area contributed by atoms with Gasteiger partial charge in [0.1, 0.15) is 29.1 Å². The molecule has 0 saturated carbocycles. The Balaban J connectivity index is 1.38. The van der Waals surface area contributed by atoms with E-state index in [9.17, 15) is 14.4 Å². The molecule has 2 aromatic heterocycles. The zero-order valence-corrected chi connectivity index (χ0v) is 26.9. The fraction of sp³-hybridized carbons (Fsp3) is 0.594. The number of rotatable bonds is 9. The molecule has 13 heteroatoms. The van der Waals surface area contributed by atoms with Crippen LogP contribution in [0.5, 0.6) is 0 Å². The average Bonchev–Trinajstić information content (AvgIpc) is 3.83. The van der Waals surface area contributed by atoms with E-state index >= 15 is 0 Å². The monoisotopic (exact) mass is 620 g/mol.